The molecule has 0 heterocycles. The normalized spacial score (nSPS) is 13.0. The summed E-state index contributed by atoms with van der Waals surface area (Å²) in [6, 6.07) is -0.606. The van der Waals surface area contributed by atoms with E-state index in [-0.39, 0.29) is 36.2 Å². The number of unbranched alkanes of at least 4 members (excludes halogenated alkanes) is 20. The zero-order valence-corrected chi connectivity index (χ0v) is 30.8. The predicted octanol–water partition coefficient (Wildman–Crippen LogP) is 9.41. The van der Waals surface area contributed by atoms with E-state index in [2.05, 4.69) is 13.8 Å². The lowest BCUT2D eigenvalue weighted by molar-refractivity contribution is -0.887. The third kappa shape index (κ3) is 28.5. The largest absolute Gasteiger partial charge is 0.477 e. The molecule has 0 aromatic rings. The molecule has 8 heteroatoms. The fourth-order valence-electron chi connectivity index (χ4n) is 5.74. The number of aliphatic carboxylic acids is 1. The first-order chi connectivity index (χ1) is 22.1. The van der Waals surface area contributed by atoms with Crippen molar-refractivity contribution in [3.63, 3.8) is 0 Å². The highest BCUT2D eigenvalue weighted by molar-refractivity contribution is 5.72. The average Bonchev–Trinajstić information content (AvgIpc) is 3.00. The molecule has 0 saturated heterocycles. The van der Waals surface area contributed by atoms with Gasteiger partial charge in [-0.3, -0.25) is 9.59 Å². The van der Waals surface area contributed by atoms with Crippen LogP contribution >= 0.6 is 0 Å². The molecule has 0 saturated carbocycles. The number of rotatable bonds is 34. The first-order valence-corrected chi connectivity index (χ1v) is 19.1. The highest BCUT2D eigenvalue weighted by atomic mass is 16.6. The number of ether oxygens (including phenoxy) is 3. The van der Waals surface area contributed by atoms with E-state index in [1.165, 1.54) is 103 Å². The fourth-order valence-corrected chi connectivity index (χ4v) is 5.74. The van der Waals surface area contributed by atoms with E-state index in [9.17, 15) is 19.5 Å². The number of carboxylic acid groups (broad SMARTS) is 1. The molecular weight excluding hydrogens is 582 g/mol. The molecule has 46 heavy (non-hydrogen) atoms. The van der Waals surface area contributed by atoms with Crippen molar-refractivity contribution in [3.05, 3.63) is 0 Å². The van der Waals surface area contributed by atoms with Crippen LogP contribution in [0.1, 0.15) is 174 Å². The minimum absolute atomic E-state index is 0.0431. The fraction of sp³-hybridized carbons (Fsp3) is 0.921. The third-order valence-corrected chi connectivity index (χ3v) is 8.76. The molecule has 0 bridgehead atoms. The van der Waals surface area contributed by atoms with Gasteiger partial charge in [-0.25, -0.2) is 4.79 Å². The smallest absolute Gasteiger partial charge is 0.362 e. The van der Waals surface area contributed by atoms with Crippen LogP contribution < -0.4 is 0 Å². The van der Waals surface area contributed by atoms with Gasteiger partial charge in [-0.15, -0.1) is 0 Å². The molecule has 0 rings (SSSR count). The van der Waals surface area contributed by atoms with Crippen molar-refractivity contribution in [3.8, 4) is 0 Å². The van der Waals surface area contributed by atoms with Gasteiger partial charge in [-0.1, -0.05) is 142 Å². The molecular formula is C38H74NO7+. The van der Waals surface area contributed by atoms with Gasteiger partial charge >= 0.3 is 17.9 Å². The van der Waals surface area contributed by atoms with Crippen LogP contribution in [-0.4, -0.2) is 80.6 Å². The molecule has 0 aromatic carbocycles. The van der Waals surface area contributed by atoms with Crippen molar-refractivity contribution in [1.82, 2.24) is 0 Å². The summed E-state index contributed by atoms with van der Waals surface area (Å²) in [5.74, 6) is -1.46. The molecule has 0 aliphatic carbocycles. The van der Waals surface area contributed by atoms with Crippen molar-refractivity contribution in [2.45, 2.75) is 187 Å². The molecule has 1 N–H and O–H groups in total. The lowest BCUT2D eigenvalue weighted by atomic mass is 10.1. The number of carbonyl (C=O) groups excluding carboxylic acids is 2. The molecule has 8 nitrogen and oxygen atoms in total. The molecule has 0 spiro atoms. The van der Waals surface area contributed by atoms with Crippen LogP contribution in [0.25, 0.3) is 0 Å². The highest BCUT2D eigenvalue weighted by Crippen LogP contribution is 2.15. The molecule has 0 aliphatic rings. The first kappa shape index (κ1) is 44.3. The van der Waals surface area contributed by atoms with E-state index in [0.29, 0.717) is 19.3 Å². The zero-order chi connectivity index (χ0) is 34.3. The first-order valence-electron chi connectivity index (χ1n) is 19.1. The summed E-state index contributed by atoms with van der Waals surface area (Å²) in [5, 5.41) is 9.57. The van der Waals surface area contributed by atoms with Crippen LogP contribution in [0.3, 0.4) is 0 Å². The van der Waals surface area contributed by atoms with E-state index in [0.717, 1.165) is 38.5 Å². The van der Waals surface area contributed by atoms with Crippen molar-refractivity contribution in [2.75, 3.05) is 41.0 Å². The Labute approximate surface area is 283 Å². The van der Waals surface area contributed by atoms with E-state index < -0.39 is 18.1 Å². The van der Waals surface area contributed by atoms with Gasteiger partial charge in [-0.2, -0.15) is 0 Å². The van der Waals surface area contributed by atoms with Crippen LogP contribution in [-0.2, 0) is 28.6 Å². The summed E-state index contributed by atoms with van der Waals surface area (Å²) in [4.78, 5) is 36.7. The van der Waals surface area contributed by atoms with Crippen LogP contribution in [0.5, 0.6) is 0 Å². The van der Waals surface area contributed by atoms with Gasteiger partial charge in [0, 0.05) is 19.3 Å². The van der Waals surface area contributed by atoms with E-state index >= 15 is 0 Å². The maximum absolute atomic E-state index is 12.6. The summed E-state index contributed by atoms with van der Waals surface area (Å²) in [6.07, 6.45) is 27.1. The second-order valence-electron chi connectivity index (χ2n) is 14.2. The molecule has 272 valence electrons. The second kappa shape index (κ2) is 30.7. The number of likely N-dealkylation sites (N-methyl/N-ethyl adjacent to an activating group) is 1. The molecule has 0 amide bonds. The van der Waals surface area contributed by atoms with Gasteiger partial charge in [-0.05, 0) is 12.8 Å². The number of carbonyl (C=O) groups is 3. The van der Waals surface area contributed by atoms with E-state index in [1.54, 1.807) is 0 Å². The molecule has 0 aliphatic heterocycles. The Kier molecular flexibility index (Phi) is 29.5. The van der Waals surface area contributed by atoms with Crippen molar-refractivity contribution >= 4 is 17.9 Å². The van der Waals surface area contributed by atoms with Gasteiger partial charge in [0.25, 0.3) is 0 Å². The van der Waals surface area contributed by atoms with Crippen molar-refractivity contribution in [2.24, 2.45) is 0 Å². The van der Waals surface area contributed by atoms with Crippen molar-refractivity contribution < 1.29 is 38.2 Å². The van der Waals surface area contributed by atoms with Crippen LogP contribution in [0.15, 0.2) is 0 Å². The van der Waals surface area contributed by atoms with Gasteiger partial charge in [0.1, 0.15) is 6.61 Å². The topological polar surface area (TPSA) is 99.1 Å². The number of hydrogen-bond donors (Lipinski definition) is 1. The maximum atomic E-state index is 12.6. The van der Waals surface area contributed by atoms with Gasteiger partial charge in [0.2, 0.25) is 0 Å². The van der Waals surface area contributed by atoms with Gasteiger partial charge in [0.15, 0.2) is 12.1 Å². The Morgan fingerprint density at radius 2 is 0.957 bits per heavy atom. The number of esters is 2. The number of nitrogens with zero attached hydrogens (tertiary/aromatic N) is 1. The lowest BCUT2D eigenvalue weighted by Crippen LogP contribution is -2.50. The molecule has 2 atom stereocenters. The molecule has 0 fully saturated rings. The Morgan fingerprint density at radius 1 is 0.565 bits per heavy atom. The maximum Gasteiger partial charge on any atom is 0.362 e. The summed E-state index contributed by atoms with van der Waals surface area (Å²) >= 11 is 0. The van der Waals surface area contributed by atoms with Crippen LogP contribution in [0.4, 0.5) is 0 Å². The SMILES string of the molecule is CCCCCCCCCCCCCC(=O)OCC(COCCC(C(=O)O)[N+](C)(C)C)OC(=O)CCCCCCCCCCCCC. The average molecular weight is 657 g/mol. The Morgan fingerprint density at radius 3 is 1.35 bits per heavy atom. The molecule has 0 aromatic heterocycles. The molecule has 0 radical (unpaired) electrons. The summed E-state index contributed by atoms with van der Waals surface area (Å²) < 4.78 is 17.2. The Balaban J connectivity index is 4.41. The Hall–Kier alpha value is -1.67. The number of quaternary nitrogens is 1. The monoisotopic (exact) mass is 657 g/mol. The summed E-state index contributed by atoms with van der Waals surface area (Å²) in [7, 11) is 5.52. The quantitative estimate of drug-likeness (QED) is 0.0418. The second-order valence-corrected chi connectivity index (χ2v) is 14.2. The van der Waals surface area contributed by atoms with Crippen molar-refractivity contribution in [1.29, 1.82) is 0 Å². The van der Waals surface area contributed by atoms with Gasteiger partial charge in [0.05, 0.1) is 34.4 Å². The zero-order valence-electron chi connectivity index (χ0n) is 30.8. The highest BCUT2D eigenvalue weighted by Gasteiger charge is 2.31. The minimum Gasteiger partial charge on any atom is -0.477 e. The summed E-state index contributed by atoms with van der Waals surface area (Å²) in [5.41, 5.74) is 0. The minimum atomic E-state index is -0.873. The van der Waals surface area contributed by atoms with Crippen LogP contribution in [0.2, 0.25) is 0 Å². The van der Waals surface area contributed by atoms with Crippen LogP contribution in [0, 0.1) is 0 Å². The third-order valence-electron chi connectivity index (χ3n) is 8.76. The van der Waals surface area contributed by atoms with E-state index in [1.807, 2.05) is 21.1 Å². The van der Waals surface area contributed by atoms with E-state index in [4.69, 9.17) is 14.2 Å². The predicted molar refractivity (Wildman–Crippen MR) is 188 cm³/mol. The summed E-state index contributed by atoms with van der Waals surface area (Å²) in [6.45, 7) is 4.72. The number of carboxylic acids is 1. The standard InChI is InChI=1S/C38H73NO7/c1-6-8-10-12-14-16-18-20-22-24-26-28-36(40)45-33-34(32-44-31-30-35(38(42)43)39(3,4)5)46-37(41)29-27-25-23-21-19-17-15-13-11-9-7-2/h34-35H,6-33H2,1-5H3/p+1. The molecule has 2 unspecified atom stereocenters. The number of hydrogen-bond acceptors (Lipinski definition) is 6. The lowest BCUT2D eigenvalue weighted by Gasteiger charge is -2.31. The van der Waals surface area contributed by atoms with Gasteiger partial charge < -0.3 is 23.8 Å². The Bertz CT molecular complexity index is 737.